The molecule has 0 saturated carbocycles. The fourth-order valence-electron chi connectivity index (χ4n) is 9.88. The number of hydrogen-bond donors (Lipinski definition) is 2. The van der Waals surface area contributed by atoms with Crippen LogP contribution < -0.4 is 10.6 Å². The van der Waals surface area contributed by atoms with Crippen molar-refractivity contribution < 1.29 is 19.2 Å². The molecule has 0 heterocycles. The molecule has 0 radical (unpaired) electrons. The van der Waals surface area contributed by atoms with Gasteiger partial charge in [0, 0.05) is 52.1 Å². The van der Waals surface area contributed by atoms with Gasteiger partial charge in [0.2, 0.25) is 23.6 Å². The van der Waals surface area contributed by atoms with Crippen molar-refractivity contribution in [2.75, 3.05) is 67.5 Å². The molecule has 2 atom stereocenters. The van der Waals surface area contributed by atoms with Crippen LogP contribution in [-0.4, -0.2) is 123 Å². The fraction of sp³-hybridized carbons (Fsp3) is 0.933. The Kier molecular flexibility index (Phi) is 46.3. The van der Waals surface area contributed by atoms with Gasteiger partial charge in [0.15, 0.2) is 0 Å². The maximum absolute atomic E-state index is 13.7. The molecule has 0 aliphatic rings. The summed E-state index contributed by atoms with van der Waals surface area (Å²) >= 11 is 0. The van der Waals surface area contributed by atoms with Gasteiger partial charge in [-0.25, -0.2) is 0 Å². The Morgan fingerprint density at radius 2 is 0.557 bits per heavy atom. The molecule has 0 fully saturated rings. The second-order valence-electron chi connectivity index (χ2n) is 22.6. The number of likely N-dealkylation sites (N-methyl/N-ethyl adjacent to an activating group) is 2. The Morgan fingerprint density at radius 3 is 0.786 bits per heavy atom. The third kappa shape index (κ3) is 38.4. The van der Waals surface area contributed by atoms with Crippen molar-refractivity contribution in [3.63, 3.8) is 0 Å². The summed E-state index contributed by atoms with van der Waals surface area (Å²) in [7, 11) is 8.06. The minimum absolute atomic E-state index is 0.00784. The number of carbonyl (C=O) groups excluding carboxylic acids is 4. The van der Waals surface area contributed by atoms with E-state index in [-0.39, 0.29) is 35.5 Å². The van der Waals surface area contributed by atoms with Crippen LogP contribution in [0.5, 0.6) is 0 Å². The van der Waals surface area contributed by atoms with Crippen molar-refractivity contribution in [2.24, 2.45) is 11.8 Å². The van der Waals surface area contributed by atoms with E-state index in [4.69, 9.17) is 0 Å². The molecule has 0 aromatic carbocycles. The zero-order valence-corrected chi connectivity index (χ0v) is 48.4. The molecule has 0 aliphatic heterocycles. The monoisotopic (exact) mass is 989 g/mol. The third-order valence-electron chi connectivity index (χ3n) is 14.4. The van der Waals surface area contributed by atoms with Crippen LogP contribution in [0.2, 0.25) is 0 Å². The van der Waals surface area contributed by atoms with E-state index in [0.717, 1.165) is 64.5 Å². The Bertz CT molecular complexity index is 1140. The van der Waals surface area contributed by atoms with Crippen LogP contribution in [0.1, 0.15) is 273 Å². The summed E-state index contributed by atoms with van der Waals surface area (Å²) in [6.45, 7) is 16.4. The van der Waals surface area contributed by atoms with E-state index in [1.165, 1.54) is 167 Å². The minimum atomic E-state index is -0.485. The van der Waals surface area contributed by atoms with Crippen molar-refractivity contribution in [2.45, 2.75) is 285 Å². The van der Waals surface area contributed by atoms with Crippen LogP contribution in [-0.2, 0) is 19.2 Å². The van der Waals surface area contributed by atoms with E-state index in [1.54, 1.807) is 0 Å². The topological polar surface area (TPSA) is 105 Å². The molecule has 0 aliphatic carbocycles. The Morgan fingerprint density at radius 1 is 0.329 bits per heavy atom. The number of nitrogens with one attached hydrogen (secondary N) is 2. The van der Waals surface area contributed by atoms with Crippen molar-refractivity contribution in [1.82, 2.24) is 30.2 Å². The number of hydrogen-bond acceptors (Lipinski definition) is 6. The van der Waals surface area contributed by atoms with Gasteiger partial charge in [-0.2, -0.15) is 0 Å². The first-order valence-corrected chi connectivity index (χ1v) is 30.2. The van der Waals surface area contributed by atoms with Gasteiger partial charge in [-0.3, -0.25) is 19.2 Å². The van der Waals surface area contributed by atoms with Crippen LogP contribution in [0.4, 0.5) is 0 Å². The van der Waals surface area contributed by atoms with E-state index in [0.29, 0.717) is 39.0 Å². The van der Waals surface area contributed by atoms with Gasteiger partial charge >= 0.3 is 0 Å². The Hall–Kier alpha value is -2.20. The van der Waals surface area contributed by atoms with E-state index in [1.807, 2.05) is 65.7 Å². The molecule has 2 N–H and O–H groups in total. The third-order valence-corrected chi connectivity index (χ3v) is 14.4. The molecule has 0 spiro atoms. The molecule has 10 nitrogen and oxygen atoms in total. The van der Waals surface area contributed by atoms with Gasteiger partial charge in [0.25, 0.3) is 0 Å². The second-order valence-corrected chi connectivity index (χ2v) is 22.6. The maximum Gasteiger partial charge on any atom is 0.243 e. The predicted molar refractivity (Wildman–Crippen MR) is 301 cm³/mol. The van der Waals surface area contributed by atoms with Gasteiger partial charge < -0.3 is 30.2 Å². The van der Waals surface area contributed by atoms with Crippen molar-refractivity contribution in [3.05, 3.63) is 0 Å². The largest absolute Gasteiger partial charge is 0.354 e. The van der Waals surface area contributed by atoms with E-state index < -0.39 is 12.1 Å². The molecule has 4 amide bonds. The van der Waals surface area contributed by atoms with E-state index in [9.17, 15) is 19.2 Å². The Balaban J connectivity index is 4.71. The number of amides is 4. The summed E-state index contributed by atoms with van der Waals surface area (Å²) in [5.74, 6) is 0.0918. The highest BCUT2D eigenvalue weighted by Crippen LogP contribution is 2.20. The summed E-state index contributed by atoms with van der Waals surface area (Å²) in [6.07, 6.45) is 43.4. The molecule has 2 unspecified atom stereocenters. The quantitative estimate of drug-likeness (QED) is 0.0588. The zero-order chi connectivity index (χ0) is 52.0. The molecule has 414 valence electrons. The lowest BCUT2D eigenvalue weighted by atomic mass is 9.99. The van der Waals surface area contributed by atoms with Crippen molar-refractivity contribution in [1.29, 1.82) is 0 Å². The van der Waals surface area contributed by atoms with Crippen LogP contribution in [0.25, 0.3) is 0 Å². The van der Waals surface area contributed by atoms with E-state index in [2.05, 4.69) is 34.3 Å². The van der Waals surface area contributed by atoms with Gasteiger partial charge in [-0.05, 0) is 65.7 Å². The molecule has 0 rings (SSSR count). The molecular weight excluding hydrogens is 869 g/mol. The SMILES string of the molecule is CCCCCCCCCCCCCCCCCC(=O)N(CCN(C)C)C(C(=O)NCCCCCCNC(=O)C(C(C)C)N(CCN(C)C)C(=O)CCCCCCCCCCCCCCCCC)C(C)C. The number of rotatable bonds is 51. The average molecular weight is 990 g/mol. The highest BCUT2D eigenvalue weighted by molar-refractivity contribution is 5.88. The highest BCUT2D eigenvalue weighted by Gasteiger charge is 2.33. The first-order chi connectivity index (χ1) is 33.8. The number of carbonyl (C=O) groups is 4. The average Bonchev–Trinajstić information content (AvgIpc) is 3.31. The zero-order valence-electron chi connectivity index (χ0n) is 48.4. The summed E-state index contributed by atoms with van der Waals surface area (Å²) in [5, 5.41) is 6.35. The summed E-state index contributed by atoms with van der Waals surface area (Å²) in [5.41, 5.74) is 0. The summed E-state index contributed by atoms with van der Waals surface area (Å²) in [4.78, 5) is 62.6. The normalized spacial score (nSPS) is 12.6. The Labute approximate surface area is 435 Å². The molecule has 10 heteroatoms. The lowest BCUT2D eigenvalue weighted by Crippen LogP contribution is -2.54. The van der Waals surface area contributed by atoms with Gasteiger partial charge in [0.05, 0.1) is 0 Å². The smallest absolute Gasteiger partial charge is 0.243 e. The van der Waals surface area contributed by atoms with Gasteiger partial charge in [-0.15, -0.1) is 0 Å². The lowest BCUT2D eigenvalue weighted by molar-refractivity contribution is -0.142. The fourth-order valence-corrected chi connectivity index (χ4v) is 9.88. The number of unbranched alkanes of at least 4 members (excludes halogenated alkanes) is 31. The first-order valence-electron chi connectivity index (χ1n) is 30.2. The molecule has 70 heavy (non-hydrogen) atoms. The predicted octanol–water partition coefficient (Wildman–Crippen LogP) is 14.1. The summed E-state index contributed by atoms with van der Waals surface area (Å²) < 4.78 is 0. The van der Waals surface area contributed by atoms with Crippen LogP contribution in [0, 0.1) is 11.8 Å². The molecule has 0 bridgehead atoms. The van der Waals surface area contributed by atoms with Gasteiger partial charge in [-0.1, -0.05) is 234 Å². The lowest BCUT2D eigenvalue weighted by Gasteiger charge is -2.34. The molecule has 0 saturated heterocycles. The van der Waals surface area contributed by atoms with Crippen LogP contribution in [0.15, 0.2) is 0 Å². The van der Waals surface area contributed by atoms with Gasteiger partial charge in [0.1, 0.15) is 12.1 Å². The van der Waals surface area contributed by atoms with Crippen LogP contribution >= 0.6 is 0 Å². The standard InChI is InChI=1S/C60H120N6O4/c1-11-13-15-17-19-21-23-25-27-29-31-33-35-37-41-45-55(67)65(51-49-63(7)8)57(53(3)4)59(69)61-47-43-39-40-44-48-62-60(70)58(54(5)6)66(52-50-64(9)10)56(68)46-42-38-36-34-32-30-28-26-24-22-20-18-16-14-12-2/h53-54,57-58H,11-52H2,1-10H3,(H,61,69)(H,62,70). The first kappa shape index (κ1) is 67.8. The molecular formula is C60H120N6O4. The molecule has 0 aromatic heterocycles. The maximum atomic E-state index is 13.7. The highest BCUT2D eigenvalue weighted by atomic mass is 16.2. The second kappa shape index (κ2) is 47.8. The number of nitrogens with zero attached hydrogens (tertiary/aromatic N) is 4. The summed E-state index contributed by atoms with van der Waals surface area (Å²) in [6, 6.07) is -0.970. The minimum Gasteiger partial charge on any atom is -0.354 e. The van der Waals surface area contributed by atoms with Crippen molar-refractivity contribution >= 4 is 23.6 Å². The van der Waals surface area contributed by atoms with E-state index >= 15 is 0 Å². The molecule has 0 aromatic rings. The van der Waals surface area contributed by atoms with Crippen molar-refractivity contribution in [3.8, 4) is 0 Å². The van der Waals surface area contributed by atoms with Crippen LogP contribution in [0.3, 0.4) is 0 Å².